The van der Waals surface area contributed by atoms with Crippen LogP contribution >= 0.6 is 0 Å². The van der Waals surface area contributed by atoms with Gasteiger partial charge in [-0.2, -0.15) is 0 Å². The molecule has 0 saturated heterocycles. The first-order chi connectivity index (χ1) is 8.15. The first-order valence-electron chi connectivity index (χ1n) is 5.87. The lowest BCUT2D eigenvalue weighted by molar-refractivity contribution is 0.0696. The Bertz CT molecular complexity index is 388. The number of aliphatic hydroxyl groups excluding tert-OH is 1. The van der Waals surface area contributed by atoms with E-state index in [1.807, 2.05) is 0 Å². The molecule has 1 aliphatic rings. The number of aliphatic hydroxyl groups is 1. The zero-order valence-corrected chi connectivity index (χ0v) is 9.56. The van der Waals surface area contributed by atoms with Crippen molar-refractivity contribution in [3.05, 3.63) is 23.7 Å². The largest absolute Gasteiger partial charge is 0.478 e. The SMILES string of the molecule is O=C(O)c1coc(CNC2CCCC(O)C2)c1. The fraction of sp³-hybridized carbons (Fsp3) is 0.583. The number of carboxylic acid groups (broad SMARTS) is 1. The van der Waals surface area contributed by atoms with Crippen LogP contribution < -0.4 is 5.32 Å². The predicted molar refractivity (Wildman–Crippen MR) is 60.8 cm³/mol. The lowest BCUT2D eigenvalue weighted by Gasteiger charge is -2.26. The van der Waals surface area contributed by atoms with Crippen molar-refractivity contribution in [3.8, 4) is 0 Å². The number of furan rings is 1. The molecule has 2 rings (SSSR count). The Balaban J connectivity index is 1.82. The lowest BCUT2D eigenvalue weighted by Crippen LogP contribution is -2.35. The molecule has 1 aromatic heterocycles. The van der Waals surface area contributed by atoms with E-state index >= 15 is 0 Å². The van der Waals surface area contributed by atoms with Crippen molar-refractivity contribution in [2.75, 3.05) is 0 Å². The summed E-state index contributed by atoms with van der Waals surface area (Å²) in [7, 11) is 0. The van der Waals surface area contributed by atoms with Crippen LogP contribution in [-0.2, 0) is 6.54 Å². The van der Waals surface area contributed by atoms with Gasteiger partial charge >= 0.3 is 5.97 Å². The van der Waals surface area contributed by atoms with Crippen molar-refractivity contribution < 1.29 is 19.4 Å². The molecule has 17 heavy (non-hydrogen) atoms. The highest BCUT2D eigenvalue weighted by Crippen LogP contribution is 2.19. The molecule has 0 radical (unpaired) electrons. The zero-order valence-electron chi connectivity index (χ0n) is 9.56. The molecule has 1 fully saturated rings. The first-order valence-corrected chi connectivity index (χ1v) is 5.87. The quantitative estimate of drug-likeness (QED) is 0.739. The third kappa shape index (κ3) is 3.31. The topological polar surface area (TPSA) is 82.7 Å². The third-order valence-corrected chi connectivity index (χ3v) is 3.11. The van der Waals surface area contributed by atoms with Gasteiger partial charge in [0.25, 0.3) is 0 Å². The minimum atomic E-state index is -0.979. The Morgan fingerprint density at radius 2 is 2.35 bits per heavy atom. The second kappa shape index (κ2) is 5.33. The molecule has 2 unspecified atom stereocenters. The number of aromatic carboxylic acids is 1. The van der Waals surface area contributed by atoms with E-state index in [2.05, 4.69) is 5.32 Å². The lowest BCUT2D eigenvalue weighted by atomic mass is 9.93. The molecule has 2 atom stereocenters. The summed E-state index contributed by atoms with van der Waals surface area (Å²) < 4.78 is 5.14. The predicted octanol–water partition coefficient (Wildman–Crippen LogP) is 1.37. The zero-order chi connectivity index (χ0) is 12.3. The van der Waals surface area contributed by atoms with Crippen LogP contribution in [0.25, 0.3) is 0 Å². The Hall–Kier alpha value is -1.33. The van der Waals surface area contributed by atoms with E-state index < -0.39 is 5.97 Å². The summed E-state index contributed by atoms with van der Waals surface area (Å²) in [6, 6.07) is 1.81. The van der Waals surface area contributed by atoms with Gasteiger partial charge in [-0.3, -0.25) is 0 Å². The molecule has 3 N–H and O–H groups in total. The minimum Gasteiger partial charge on any atom is -0.478 e. The van der Waals surface area contributed by atoms with Gasteiger partial charge in [-0.1, -0.05) is 0 Å². The van der Waals surface area contributed by atoms with Crippen LogP contribution in [0.5, 0.6) is 0 Å². The van der Waals surface area contributed by atoms with E-state index in [0.717, 1.165) is 25.7 Å². The molecule has 1 aliphatic carbocycles. The average molecular weight is 239 g/mol. The number of rotatable bonds is 4. The molecule has 0 amide bonds. The Morgan fingerprint density at radius 1 is 1.53 bits per heavy atom. The fourth-order valence-corrected chi connectivity index (χ4v) is 2.18. The number of carbonyl (C=O) groups is 1. The maximum atomic E-state index is 10.6. The molecule has 5 nitrogen and oxygen atoms in total. The summed E-state index contributed by atoms with van der Waals surface area (Å²) in [4.78, 5) is 10.6. The van der Waals surface area contributed by atoms with Crippen LogP contribution in [0.1, 0.15) is 41.8 Å². The second-order valence-corrected chi connectivity index (χ2v) is 4.51. The molecule has 0 spiro atoms. The van der Waals surface area contributed by atoms with E-state index in [0.29, 0.717) is 12.3 Å². The molecule has 1 saturated carbocycles. The highest BCUT2D eigenvalue weighted by atomic mass is 16.4. The van der Waals surface area contributed by atoms with Crippen LogP contribution in [0.4, 0.5) is 0 Å². The minimum absolute atomic E-state index is 0.172. The molecule has 0 aliphatic heterocycles. The standard InChI is InChI=1S/C12H17NO4/c14-10-3-1-2-9(5-10)13-6-11-4-8(7-17-11)12(15)16/h4,7,9-10,13-14H,1-3,5-6H2,(H,15,16). The normalized spacial score (nSPS) is 24.8. The van der Waals surface area contributed by atoms with Crippen molar-refractivity contribution in [1.82, 2.24) is 5.32 Å². The highest BCUT2D eigenvalue weighted by molar-refractivity contribution is 5.87. The van der Waals surface area contributed by atoms with Crippen molar-refractivity contribution in [2.24, 2.45) is 0 Å². The van der Waals surface area contributed by atoms with Crippen LogP contribution in [0.3, 0.4) is 0 Å². The summed E-state index contributed by atoms with van der Waals surface area (Å²) >= 11 is 0. The molecule has 5 heteroatoms. The summed E-state index contributed by atoms with van der Waals surface area (Å²) in [5.41, 5.74) is 0.172. The maximum absolute atomic E-state index is 10.6. The van der Waals surface area contributed by atoms with Gasteiger partial charge in [0.2, 0.25) is 0 Å². The maximum Gasteiger partial charge on any atom is 0.338 e. The molecule has 0 bridgehead atoms. The van der Waals surface area contributed by atoms with E-state index in [-0.39, 0.29) is 17.7 Å². The number of hydrogen-bond acceptors (Lipinski definition) is 4. The Kier molecular flexibility index (Phi) is 3.81. The van der Waals surface area contributed by atoms with Crippen molar-refractivity contribution in [1.29, 1.82) is 0 Å². The number of carboxylic acids is 1. The van der Waals surface area contributed by atoms with Gasteiger partial charge in [0.1, 0.15) is 12.0 Å². The molecular weight excluding hydrogens is 222 g/mol. The Labute approximate surface area is 99.4 Å². The molecule has 0 aromatic carbocycles. The molecule has 94 valence electrons. The molecule has 1 heterocycles. The summed E-state index contributed by atoms with van der Waals surface area (Å²) in [6.07, 6.45) is 4.73. The van der Waals surface area contributed by atoms with E-state index in [1.165, 1.54) is 12.3 Å². The van der Waals surface area contributed by atoms with Gasteiger partial charge in [0, 0.05) is 6.04 Å². The summed E-state index contributed by atoms with van der Waals surface area (Å²) in [5.74, 6) is -0.365. The Morgan fingerprint density at radius 3 is 3.00 bits per heavy atom. The highest BCUT2D eigenvalue weighted by Gasteiger charge is 2.20. The van der Waals surface area contributed by atoms with Gasteiger partial charge in [-0.15, -0.1) is 0 Å². The van der Waals surface area contributed by atoms with Crippen LogP contribution in [0, 0.1) is 0 Å². The molecule has 1 aromatic rings. The fourth-order valence-electron chi connectivity index (χ4n) is 2.18. The first kappa shape index (κ1) is 12.1. The van der Waals surface area contributed by atoms with Crippen LogP contribution in [-0.4, -0.2) is 28.3 Å². The van der Waals surface area contributed by atoms with E-state index in [1.54, 1.807) is 0 Å². The number of nitrogens with one attached hydrogen (secondary N) is 1. The van der Waals surface area contributed by atoms with Crippen molar-refractivity contribution in [3.63, 3.8) is 0 Å². The average Bonchev–Trinajstić information content (AvgIpc) is 2.75. The van der Waals surface area contributed by atoms with Gasteiger partial charge in [0.15, 0.2) is 0 Å². The van der Waals surface area contributed by atoms with Crippen LogP contribution in [0.2, 0.25) is 0 Å². The summed E-state index contributed by atoms with van der Waals surface area (Å²) in [6.45, 7) is 0.505. The smallest absolute Gasteiger partial charge is 0.338 e. The van der Waals surface area contributed by atoms with Gasteiger partial charge in [-0.25, -0.2) is 4.79 Å². The van der Waals surface area contributed by atoms with Crippen LogP contribution in [0.15, 0.2) is 16.7 Å². The third-order valence-electron chi connectivity index (χ3n) is 3.11. The summed E-state index contributed by atoms with van der Waals surface area (Å²) in [5, 5.41) is 21.5. The van der Waals surface area contributed by atoms with E-state index in [4.69, 9.17) is 9.52 Å². The van der Waals surface area contributed by atoms with E-state index in [9.17, 15) is 9.90 Å². The monoisotopic (exact) mass is 239 g/mol. The molecular formula is C12H17NO4. The van der Waals surface area contributed by atoms with Gasteiger partial charge in [0.05, 0.1) is 18.2 Å². The van der Waals surface area contributed by atoms with Gasteiger partial charge < -0.3 is 19.9 Å². The number of hydrogen-bond donors (Lipinski definition) is 3. The van der Waals surface area contributed by atoms with Crippen molar-refractivity contribution >= 4 is 5.97 Å². The van der Waals surface area contributed by atoms with Gasteiger partial charge in [-0.05, 0) is 31.7 Å². The second-order valence-electron chi connectivity index (χ2n) is 4.51. The van der Waals surface area contributed by atoms with Crippen molar-refractivity contribution in [2.45, 2.75) is 44.4 Å².